The van der Waals surface area contributed by atoms with Crippen LogP contribution in [0.25, 0.3) is 0 Å². The zero-order valence-electron chi connectivity index (χ0n) is 9.36. The van der Waals surface area contributed by atoms with E-state index in [0.717, 1.165) is 30.6 Å². The molecule has 94 valence electrons. The highest BCUT2D eigenvalue weighted by Gasteiger charge is 2.20. The maximum Gasteiger partial charge on any atom is 0.299 e. The lowest BCUT2D eigenvalue weighted by Crippen LogP contribution is -2.23. The molecule has 0 unspecified atom stereocenters. The first-order valence-corrected chi connectivity index (χ1v) is 6.47. The lowest BCUT2D eigenvalue weighted by molar-refractivity contribution is -0.384. The van der Waals surface area contributed by atoms with E-state index in [0.29, 0.717) is 6.54 Å². The van der Waals surface area contributed by atoms with Gasteiger partial charge in [0.05, 0.1) is 4.92 Å². The molecule has 0 aliphatic rings. The summed E-state index contributed by atoms with van der Waals surface area (Å²) in [5, 5.41) is 13.3. The highest BCUT2D eigenvalue weighted by Crippen LogP contribution is 2.33. The number of carbonyl (C=O) groups excluding carboxylic acids is 1. The predicted molar refractivity (Wildman–Crippen MR) is 67.8 cm³/mol. The van der Waals surface area contributed by atoms with Crippen LogP contribution in [0.15, 0.2) is 6.07 Å². The van der Waals surface area contributed by atoms with Crippen LogP contribution in [0.5, 0.6) is 0 Å². The number of hydrogen-bond donors (Lipinski definition) is 1. The monoisotopic (exact) mass is 276 g/mol. The molecule has 0 saturated heterocycles. The minimum Gasteiger partial charge on any atom is -0.351 e. The molecule has 0 saturated carbocycles. The molecular formula is C10H13ClN2O3S. The number of thiophene rings is 1. The number of halogens is 1. The van der Waals surface area contributed by atoms with Crippen LogP contribution in [0, 0.1) is 10.1 Å². The van der Waals surface area contributed by atoms with Crippen molar-refractivity contribution in [2.75, 3.05) is 6.54 Å². The topological polar surface area (TPSA) is 72.2 Å². The van der Waals surface area contributed by atoms with E-state index >= 15 is 0 Å². The first-order valence-electron chi connectivity index (χ1n) is 5.28. The third-order valence-electron chi connectivity index (χ3n) is 2.16. The van der Waals surface area contributed by atoms with Crippen molar-refractivity contribution in [3.63, 3.8) is 0 Å². The Labute approximate surface area is 108 Å². The Morgan fingerprint density at radius 1 is 1.59 bits per heavy atom. The predicted octanol–water partition coefficient (Wildman–Crippen LogP) is 3.23. The number of hydrogen-bond acceptors (Lipinski definition) is 4. The Hall–Kier alpha value is -1.14. The lowest BCUT2D eigenvalue weighted by atomic mass is 10.2. The molecule has 0 bridgehead atoms. The molecule has 0 atom stereocenters. The molecule has 7 heteroatoms. The normalized spacial score (nSPS) is 10.2. The number of nitrogens with zero attached hydrogens (tertiary/aromatic N) is 1. The largest absolute Gasteiger partial charge is 0.351 e. The first kappa shape index (κ1) is 13.9. The number of carbonyl (C=O) groups is 1. The van der Waals surface area contributed by atoms with Crippen LogP contribution in [0.4, 0.5) is 5.69 Å². The first-order chi connectivity index (χ1) is 8.06. The Morgan fingerprint density at radius 2 is 2.29 bits per heavy atom. The number of unbranched alkanes of at least 4 members (excludes halogenated alkanes) is 2. The van der Waals surface area contributed by atoms with Gasteiger partial charge in [0.25, 0.3) is 11.6 Å². The summed E-state index contributed by atoms with van der Waals surface area (Å²) in [7, 11) is 0. The van der Waals surface area contributed by atoms with Crippen molar-refractivity contribution in [2.24, 2.45) is 0 Å². The SMILES string of the molecule is CCCCCNC(=O)c1cc([N+](=O)[O-])c(Cl)s1. The van der Waals surface area contributed by atoms with Gasteiger partial charge in [-0.25, -0.2) is 0 Å². The molecule has 0 spiro atoms. The summed E-state index contributed by atoms with van der Waals surface area (Å²) < 4.78 is 0.0358. The summed E-state index contributed by atoms with van der Waals surface area (Å²) in [6, 6.07) is 1.21. The van der Waals surface area contributed by atoms with Crippen molar-refractivity contribution in [3.05, 3.63) is 25.4 Å². The second-order valence-electron chi connectivity index (χ2n) is 3.49. The van der Waals surface area contributed by atoms with Crippen LogP contribution >= 0.6 is 22.9 Å². The molecule has 17 heavy (non-hydrogen) atoms. The van der Waals surface area contributed by atoms with Gasteiger partial charge in [-0.05, 0) is 6.42 Å². The maximum atomic E-state index is 11.6. The Morgan fingerprint density at radius 3 is 2.82 bits per heavy atom. The maximum absolute atomic E-state index is 11.6. The number of amides is 1. The summed E-state index contributed by atoms with van der Waals surface area (Å²) in [6.45, 7) is 2.65. The van der Waals surface area contributed by atoms with E-state index in [-0.39, 0.29) is 20.8 Å². The molecule has 1 aromatic rings. The fraction of sp³-hybridized carbons (Fsp3) is 0.500. The van der Waals surface area contributed by atoms with E-state index in [4.69, 9.17) is 11.6 Å². The molecule has 5 nitrogen and oxygen atoms in total. The van der Waals surface area contributed by atoms with Crippen LogP contribution in [0.1, 0.15) is 35.9 Å². The molecule has 1 N–H and O–H groups in total. The molecule has 0 fully saturated rings. The van der Waals surface area contributed by atoms with Gasteiger partial charge in [0, 0.05) is 12.6 Å². The second kappa shape index (κ2) is 6.56. The summed E-state index contributed by atoms with van der Waals surface area (Å²) in [5.41, 5.74) is -0.213. The van der Waals surface area contributed by atoms with E-state index in [1.807, 2.05) is 0 Å². The van der Waals surface area contributed by atoms with Gasteiger partial charge >= 0.3 is 0 Å². The van der Waals surface area contributed by atoms with Crippen LogP contribution in [0.3, 0.4) is 0 Å². The fourth-order valence-electron chi connectivity index (χ4n) is 1.26. The van der Waals surface area contributed by atoms with E-state index in [1.165, 1.54) is 6.07 Å². The van der Waals surface area contributed by atoms with Crippen LogP contribution in [-0.2, 0) is 0 Å². The lowest BCUT2D eigenvalue weighted by Gasteiger charge is -2.01. The van der Waals surface area contributed by atoms with Gasteiger partial charge in [-0.15, -0.1) is 11.3 Å². The molecule has 1 rings (SSSR count). The van der Waals surface area contributed by atoms with Crippen molar-refractivity contribution < 1.29 is 9.72 Å². The minimum absolute atomic E-state index is 0.0358. The third kappa shape index (κ3) is 3.98. The number of nitrogens with one attached hydrogen (secondary N) is 1. The van der Waals surface area contributed by atoms with Crippen molar-refractivity contribution >= 4 is 34.5 Å². The molecular weight excluding hydrogens is 264 g/mol. The molecule has 1 aromatic heterocycles. The third-order valence-corrected chi connectivity index (χ3v) is 3.49. The van der Waals surface area contributed by atoms with Gasteiger partial charge in [-0.1, -0.05) is 31.4 Å². The number of rotatable bonds is 6. The second-order valence-corrected chi connectivity index (χ2v) is 5.14. The van der Waals surface area contributed by atoms with E-state index in [9.17, 15) is 14.9 Å². The van der Waals surface area contributed by atoms with Crippen molar-refractivity contribution in [1.29, 1.82) is 0 Å². The van der Waals surface area contributed by atoms with Gasteiger partial charge in [0.15, 0.2) is 4.34 Å². The Kier molecular flexibility index (Phi) is 5.37. The smallest absolute Gasteiger partial charge is 0.299 e. The standard InChI is InChI=1S/C10H13ClN2O3S/c1-2-3-4-5-12-10(14)8-6-7(13(15)16)9(11)17-8/h6H,2-5H2,1H3,(H,12,14). The van der Waals surface area contributed by atoms with Gasteiger partial charge in [0.1, 0.15) is 4.88 Å². The van der Waals surface area contributed by atoms with E-state index in [2.05, 4.69) is 12.2 Å². The summed E-state index contributed by atoms with van der Waals surface area (Å²) in [4.78, 5) is 21.9. The average molecular weight is 277 g/mol. The van der Waals surface area contributed by atoms with Crippen LogP contribution in [-0.4, -0.2) is 17.4 Å². The zero-order valence-corrected chi connectivity index (χ0v) is 10.9. The van der Waals surface area contributed by atoms with E-state index in [1.54, 1.807) is 0 Å². The van der Waals surface area contributed by atoms with E-state index < -0.39 is 4.92 Å². The average Bonchev–Trinajstić information content (AvgIpc) is 2.66. The molecule has 0 aromatic carbocycles. The minimum atomic E-state index is -0.591. The quantitative estimate of drug-likeness (QED) is 0.492. The molecule has 1 amide bonds. The molecule has 1 heterocycles. The van der Waals surface area contributed by atoms with Crippen molar-refractivity contribution in [3.8, 4) is 0 Å². The molecule has 0 aliphatic heterocycles. The molecule has 0 radical (unpaired) electrons. The summed E-state index contributed by atoms with van der Waals surface area (Å²) >= 11 is 6.59. The van der Waals surface area contributed by atoms with Crippen molar-refractivity contribution in [1.82, 2.24) is 5.32 Å². The molecule has 0 aliphatic carbocycles. The number of nitro groups is 1. The van der Waals surface area contributed by atoms with Crippen LogP contribution in [0.2, 0.25) is 4.34 Å². The van der Waals surface area contributed by atoms with Crippen molar-refractivity contribution in [2.45, 2.75) is 26.2 Å². The van der Waals surface area contributed by atoms with Gasteiger partial charge < -0.3 is 5.32 Å². The fourth-order valence-corrected chi connectivity index (χ4v) is 2.40. The zero-order chi connectivity index (χ0) is 12.8. The van der Waals surface area contributed by atoms with Gasteiger partial charge in [-0.3, -0.25) is 14.9 Å². The highest BCUT2D eigenvalue weighted by molar-refractivity contribution is 7.18. The van der Waals surface area contributed by atoms with Gasteiger partial charge in [-0.2, -0.15) is 0 Å². The Balaban J connectivity index is 2.57. The summed E-state index contributed by atoms with van der Waals surface area (Å²) in [6.07, 6.45) is 3.03. The highest BCUT2D eigenvalue weighted by atomic mass is 35.5. The van der Waals surface area contributed by atoms with Gasteiger partial charge in [0.2, 0.25) is 0 Å². The van der Waals surface area contributed by atoms with Crippen LogP contribution < -0.4 is 5.32 Å². The summed E-state index contributed by atoms with van der Waals surface area (Å²) in [5.74, 6) is -0.305. The Bertz CT molecular complexity index is 420.